The van der Waals surface area contributed by atoms with Crippen molar-refractivity contribution >= 4 is 52.5 Å². The number of hydrogen-bond donors (Lipinski definition) is 2. The normalized spacial score (nSPS) is 11.3. The van der Waals surface area contributed by atoms with Gasteiger partial charge in [-0.1, -0.05) is 29.8 Å². The number of halogens is 1. The number of esters is 1. The van der Waals surface area contributed by atoms with Gasteiger partial charge in [-0.25, -0.2) is 4.79 Å². The molecule has 0 radical (unpaired) electrons. The van der Waals surface area contributed by atoms with E-state index >= 15 is 0 Å². The van der Waals surface area contributed by atoms with Crippen LogP contribution >= 0.6 is 23.4 Å². The van der Waals surface area contributed by atoms with E-state index < -0.39 is 35.4 Å². The fourth-order valence-electron chi connectivity index (χ4n) is 2.46. The number of carbonyl (C=O) groups is 3. The highest BCUT2D eigenvalue weighted by molar-refractivity contribution is 7.98. The first kappa shape index (κ1) is 24.2. The number of anilines is 1. The second-order valence-corrected chi connectivity index (χ2v) is 7.64. The van der Waals surface area contributed by atoms with Crippen molar-refractivity contribution in [2.45, 2.75) is 12.5 Å². The molecule has 0 bridgehead atoms. The number of amides is 2. The zero-order valence-electron chi connectivity index (χ0n) is 16.5. The van der Waals surface area contributed by atoms with Gasteiger partial charge in [0.2, 0.25) is 0 Å². The molecule has 164 valence electrons. The Hall–Kier alpha value is -3.11. The van der Waals surface area contributed by atoms with Crippen LogP contribution in [0.1, 0.15) is 16.8 Å². The summed E-state index contributed by atoms with van der Waals surface area (Å²) in [5.74, 6) is -1.25. The number of nitro benzene ring substituents is 1. The Balaban J connectivity index is 1.94. The highest BCUT2D eigenvalue weighted by atomic mass is 35.5. The Bertz CT molecular complexity index is 957. The number of nitrogens with zero attached hydrogens (tertiary/aromatic N) is 1. The lowest BCUT2D eigenvalue weighted by Gasteiger charge is -2.17. The first-order valence-corrected chi connectivity index (χ1v) is 10.8. The van der Waals surface area contributed by atoms with Crippen LogP contribution in [0.4, 0.5) is 11.4 Å². The second kappa shape index (κ2) is 11.9. The summed E-state index contributed by atoms with van der Waals surface area (Å²) < 4.78 is 5.05. The van der Waals surface area contributed by atoms with E-state index in [1.54, 1.807) is 30.3 Å². The number of thioether (sulfide) groups is 1. The number of benzene rings is 2. The fourth-order valence-corrected chi connectivity index (χ4v) is 3.15. The molecule has 2 rings (SSSR count). The lowest BCUT2D eigenvalue weighted by Crippen LogP contribution is -2.43. The van der Waals surface area contributed by atoms with E-state index in [1.165, 1.54) is 23.9 Å². The van der Waals surface area contributed by atoms with Crippen LogP contribution in [-0.2, 0) is 14.3 Å². The van der Waals surface area contributed by atoms with Crippen molar-refractivity contribution in [3.8, 4) is 0 Å². The second-order valence-electron chi connectivity index (χ2n) is 6.25. The van der Waals surface area contributed by atoms with Gasteiger partial charge in [0.15, 0.2) is 6.61 Å². The van der Waals surface area contributed by atoms with Crippen LogP contribution in [0.2, 0.25) is 5.02 Å². The summed E-state index contributed by atoms with van der Waals surface area (Å²) in [4.78, 5) is 47.0. The van der Waals surface area contributed by atoms with Crippen LogP contribution in [0.5, 0.6) is 0 Å². The van der Waals surface area contributed by atoms with Gasteiger partial charge in [0.1, 0.15) is 6.04 Å². The molecular formula is C20H20ClN3O6S. The Morgan fingerprint density at radius 1 is 1.19 bits per heavy atom. The maximum atomic E-state index is 12.4. The molecule has 0 aliphatic rings. The minimum Gasteiger partial charge on any atom is -0.454 e. The zero-order chi connectivity index (χ0) is 22.8. The summed E-state index contributed by atoms with van der Waals surface area (Å²) >= 11 is 7.43. The van der Waals surface area contributed by atoms with E-state index in [1.807, 2.05) is 6.26 Å². The van der Waals surface area contributed by atoms with Gasteiger partial charge in [0, 0.05) is 17.7 Å². The smallest absolute Gasteiger partial charge is 0.329 e. The van der Waals surface area contributed by atoms with Crippen LogP contribution in [-0.4, -0.2) is 47.4 Å². The van der Waals surface area contributed by atoms with E-state index in [4.69, 9.17) is 16.3 Å². The highest BCUT2D eigenvalue weighted by Gasteiger charge is 2.23. The molecule has 2 N–H and O–H groups in total. The van der Waals surface area contributed by atoms with Gasteiger partial charge in [-0.15, -0.1) is 0 Å². The molecule has 2 amide bonds. The number of hydrogen-bond acceptors (Lipinski definition) is 7. The van der Waals surface area contributed by atoms with Crippen molar-refractivity contribution in [3.05, 3.63) is 69.2 Å². The highest BCUT2D eigenvalue weighted by Crippen LogP contribution is 2.26. The first-order valence-electron chi connectivity index (χ1n) is 9.07. The predicted molar refractivity (Wildman–Crippen MR) is 118 cm³/mol. The van der Waals surface area contributed by atoms with Gasteiger partial charge in [-0.3, -0.25) is 19.7 Å². The van der Waals surface area contributed by atoms with E-state index in [0.29, 0.717) is 17.7 Å². The lowest BCUT2D eigenvalue weighted by molar-refractivity contribution is -0.384. The minimum absolute atomic E-state index is 0.0261. The van der Waals surface area contributed by atoms with Gasteiger partial charge in [0.25, 0.3) is 17.5 Å². The standard InChI is InChI=1S/C20H20ClN3O6S/c1-31-10-9-17(23-19(26)13-5-3-2-4-6-13)20(27)30-12-18(25)22-16-8-7-14(24(28)29)11-15(16)21/h2-8,11,17H,9-10,12H2,1H3,(H,22,25)(H,23,26). The van der Waals surface area contributed by atoms with Crippen LogP contribution < -0.4 is 10.6 Å². The van der Waals surface area contributed by atoms with Gasteiger partial charge in [-0.2, -0.15) is 11.8 Å². The van der Waals surface area contributed by atoms with Gasteiger partial charge in [0.05, 0.1) is 15.6 Å². The van der Waals surface area contributed by atoms with Gasteiger partial charge in [-0.05, 0) is 36.6 Å². The Kier molecular flexibility index (Phi) is 9.29. The average molecular weight is 466 g/mol. The van der Waals surface area contributed by atoms with E-state index in [9.17, 15) is 24.5 Å². The summed E-state index contributed by atoms with van der Waals surface area (Å²) in [6.07, 6.45) is 2.19. The monoisotopic (exact) mass is 465 g/mol. The molecule has 2 aromatic carbocycles. The fraction of sp³-hybridized carbons (Fsp3) is 0.250. The molecule has 0 heterocycles. The third-order valence-electron chi connectivity index (χ3n) is 4.02. The quantitative estimate of drug-likeness (QED) is 0.313. The molecule has 2 aromatic rings. The van der Waals surface area contributed by atoms with Crippen LogP contribution in [0.3, 0.4) is 0 Å². The van der Waals surface area contributed by atoms with E-state index in [2.05, 4.69) is 10.6 Å². The topological polar surface area (TPSA) is 128 Å². The molecule has 0 fully saturated rings. The van der Waals surface area contributed by atoms with Gasteiger partial charge >= 0.3 is 5.97 Å². The van der Waals surface area contributed by atoms with Crippen molar-refractivity contribution in [2.24, 2.45) is 0 Å². The molecular weight excluding hydrogens is 446 g/mol. The molecule has 1 atom stereocenters. The minimum atomic E-state index is -0.920. The van der Waals surface area contributed by atoms with Crippen molar-refractivity contribution in [1.29, 1.82) is 0 Å². The van der Waals surface area contributed by atoms with Crippen molar-refractivity contribution in [2.75, 3.05) is 23.9 Å². The molecule has 9 nitrogen and oxygen atoms in total. The molecule has 1 unspecified atom stereocenters. The molecule has 0 aliphatic heterocycles. The molecule has 31 heavy (non-hydrogen) atoms. The number of nitro groups is 1. The predicted octanol–water partition coefficient (Wildman–Crippen LogP) is 3.28. The maximum Gasteiger partial charge on any atom is 0.329 e. The van der Waals surface area contributed by atoms with Crippen LogP contribution in [0, 0.1) is 10.1 Å². The average Bonchev–Trinajstić information content (AvgIpc) is 2.76. The van der Waals surface area contributed by atoms with Gasteiger partial charge < -0.3 is 15.4 Å². The number of carbonyl (C=O) groups excluding carboxylic acids is 3. The Labute approximate surface area is 187 Å². The number of nitrogens with one attached hydrogen (secondary N) is 2. The SMILES string of the molecule is CSCCC(NC(=O)c1ccccc1)C(=O)OCC(=O)Nc1ccc([N+](=O)[O-])cc1Cl. The summed E-state index contributed by atoms with van der Waals surface area (Å²) in [5.41, 5.74) is 0.319. The van der Waals surface area contributed by atoms with E-state index in [-0.39, 0.29) is 16.4 Å². The maximum absolute atomic E-state index is 12.4. The van der Waals surface area contributed by atoms with E-state index in [0.717, 1.165) is 6.07 Å². The summed E-state index contributed by atoms with van der Waals surface area (Å²) in [5, 5.41) is 15.8. The number of ether oxygens (including phenoxy) is 1. The third kappa shape index (κ3) is 7.58. The van der Waals surface area contributed by atoms with Crippen LogP contribution in [0.25, 0.3) is 0 Å². The summed E-state index contributed by atoms with van der Waals surface area (Å²) in [6, 6.07) is 11.1. The molecule has 0 spiro atoms. The summed E-state index contributed by atoms with van der Waals surface area (Å²) in [7, 11) is 0. The van der Waals surface area contributed by atoms with Crippen LogP contribution in [0.15, 0.2) is 48.5 Å². The molecule has 0 aromatic heterocycles. The van der Waals surface area contributed by atoms with Crippen molar-refractivity contribution < 1.29 is 24.0 Å². The van der Waals surface area contributed by atoms with Crippen molar-refractivity contribution in [1.82, 2.24) is 5.32 Å². The molecule has 0 aliphatic carbocycles. The molecule has 0 saturated heterocycles. The first-order chi connectivity index (χ1) is 14.8. The zero-order valence-corrected chi connectivity index (χ0v) is 18.1. The Morgan fingerprint density at radius 2 is 1.90 bits per heavy atom. The molecule has 0 saturated carbocycles. The largest absolute Gasteiger partial charge is 0.454 e. The third-order valence-corrected chi connectivity index (χ3v) is 4.98. The lowest BCUT2D eigenvalue weighted by atomic mass is 10.1. The number of rotatable bonds is 10. The summed E-state index contributed by atoms with van der Waals surface area (Å²) in [6.45, 7) is -0.608. The molecule has 11 heteroatoms. The Morgan fingerprint density at radius 3 is 2.52 bits per heavy atom. The number of non-ortho nitro benzene ring substituents is 1. The van der Waals surface area contributed by atoms with Crippen molar-refractivity contribution in [3.63, 3.8) is 0 Å².